The molecule has 0 aliphatic carbocycles. The Morgan fingerprint density at radius 2 is 1.69 bits per heavy atom. The highest BCUT2D eigenvalue weighted by molar-refractivity contribution is 5.83. The minimum absolute atomic E-state index is 0.215. The summed E-state index contributed by atoms with van der Waals surface area (Å²) in [4.78, 5) is 13.9. The molecule has 138 valence electrons. The second kappa shape index (κ2) is 9.31. The van der Waals surface area contributed by atoms with E-state index in [1.54, 1.807) is 24.4 Å². The van der Waals surface area contributed by atoms with E-state index in [2.05, 4.69) is 10.5 Å². The molecule has 0 bridgehead atoms. The fourth-order valence-corrected chi connectivity index (χ4v) is 2.17. The van der Waals surface area contributed by atoms with Gasteiger partial charge in [0.2, 0.25) is 5.75 Å². The number of amides is 1. The molecule has 1 N–H and O–H groups in total. The molecule has 0 aliphatic heterocycles. The number of carbonyl (C=O) groups excluding carboxylic acids is 1. The molecule has 0 atom stereocenters. The summed E-state index contributed by atoms with van der Waals surface area (Å²) in [6.07, 6.45) is 1.57. The average Bonchev–Trinajstić information content (AvgIpc) is 2.66. The van der Waals surface area contributed by atoms with Gasteiger partial charge < -0.3 is 19.1 Å². The smallest absolute Gasteiger partial charge is 0.277 e. The second-order valence-electron chi connectivity index (χ2n) is 5.56. The Hall–Kier alpha value is -3.22. The maximum Gasteiger partial charge on any atom is 0.277 e. The highest BCUT2D eigenvalue weighted by atomic mass is 16.5. The van der Waals surface area contributed by atoms with E-state index in [1.165, 1.54) is 14.2 Å². The van der Waals surface area contributed by atoms with Crippen LogP contribution in [0.1, 0.15) is 5.56 Å². The first-order valence-corrected chi connectivity index (χ1v) is 7.98. The van der Waals surface area contributed by atoms with Crippen LogP contribution in [0.5, 0.6) is 17.2 Å². The van der Waals surface area contributed by atoms with Gasteiger partial charge in [0, 0.05) is 19.8 Å². The minimum Gasteiger partial charge on any atom is -0.493 e. The van der Waals surface area contributed by atoms with Gasteiger partial charge in [0.25, 0.3) is 5.91 Å². The quantitative estimate of drug-likeness (QED) is 0.580. The number of hydrazone groups is 1. The molecule has 0 spiro atoms. The summed E-state index contributed by atoms with van der Waals surface area (Å²) in [5, 5.41) is 3.93. The van der Waals surface area contributed by atoms with Crippen LogP contribution in [0.3, 0.4) is 0 Å². The Labute approximate surface area is 153 Å². The first-order valence-electron chi connectivity index (χ1n) is 7.98. The molecule has 0 saturated heterocycles. The van der Waals surface area contributed by atoms with Crippen molar-refractivity contribution in [2.45, 2.75) is 0 Å². The van der Waals surface area contributed by atoms with Crippen molar-refractivity contribution in [2.24, 2.45) is 5.10 Å². The largest absolute Gasteiger partial charge is 0.493 e. The van der Waals surface area contributed by atoms with Crippen LogP contribution >= 0.6 is 0 Å². The highest BCUT2D eigenvalue weighted by Gasteiger charge is 2.12. The normalized spacial score (nSPS) is 10.5. The lowest BCUT2D eigenvalue weighted by atomic mass is 10.2. The number of carbonyl (C=O) groups is 1. The van der Waals surface area contributed by atoms with Gasteiger partial charge in [0.05, 0.1) is 20.4 Å². The lowest BCUT2D eigenvalue weighted by Crippen LogP contribution is -2.24. The molecule has 7 nitrogen and oxygen atoms in total. The number of rotatable bonds is 8. The van der Waals surface area contributed by atoms with E-state index < -0.39 is 0 Å². The van der Waals surface area contributed by atoms with E-state index in [1.807, 2.05) is 43.3 Å². The number of para-hydroxylation sites is 1. The number of ether oxygens (including phenoxy) is 3. The van der Waals surface area contributed by atoms with Crippen molar-refractivity contribution in [3.63, 3.8) is 0 Å². The lowest BCUT2D eigenvalue weighted by molar-refractivity contribution is -0.123. The second-order valence-corrected chi connectivity index (χ2v) is 5.56. The summed E-state index contributed by atoms with van der Waals surface area (Å²) in [7, 11) is 6.99. The zero-order valence-corrected chi connectivity index (χ0v) is 15.4. The Balaban J connectivity index is 1.89. The standard InChI is InChI=1S/C19H23N3O4/c1-22(2)15-10-8-14(9-11-15)12-20-21-18(23)13-26-19-16(24-3)6-5-7-17(19)25-4/h5-12H,13H2,1-4H3,(H,21,23)/b20-12-. The maximum absolute atomic E-state index is 11.9. The van der Waals surface area contributed by atoms with Gasteiger partial charge in [-0.05, 0) is 29.8 Å². The highest BCUT2D eigenvalue weighted by Crippen LogP contribution is 2.36. The topological polar surface area (TPSA) is 72.4 Å². The average molecular weight is 357 g/mol. The predicted molar refractivity (Wildman–Crippen MR) is 102 cm³/mol. The van der Waals surface area contributed by atoms with Gasteiger partial charge in [-0.2, -0.15) is 5.10 Å². The van der Waals surface area contributed by atoms with Gasteiger partial charge in [-0.3, -0.25) is 4.79 Å². The van der Waals surface area contributed by atoms with E-state index in [-0.39, 0.29) is 12.5 Å². The molecule has 2 aromatic carbocycles. The number of hydrogen-bond acceptors (Lipinski definition) is 6. The Morgan fingerprint density at radius 3 is 2.23 bits per heavy atom. The molecular formula is C19H23N3O4. The van der Waals surface area contributed by atoms with Gasteiger partial charge in [-0.1, -0.05) is 18.2 Å². The van der Waals surface area contributed by atoms with Gasteiger partial charge in [0.15, 0.2) is 18.1 Å². The monoisotopic (exact) mass is 357 g/mol. The van der Waals surface area contributed by atoms with Crippen molar-refractivity contribution in [3.05, 3.63) is 48.0 Å². The zero-order valence-electron chi connectivity index (χ0n) is 15.4. The van der Waals surface area contributed by atoms with Crippen molar-refractivity contribution in [3.8, 4) is 17.2 Å². The SMILES string of the molecule is COc1cccc(OC)c1OCC(=O)N/N=C\c1ccc(N(C)C)cc1. The molecule has 26 heavy (non-hydrogen) atoms. The number of nitrogens with one attached hydrogen (secondary N) is 1. The van der Waals surface area contributed by atoms with E-state index in [9.17, 15) is 4.79 Å². The Morgan fingerprint density at radius 1 is 1.08 bits per heavy atom. The molecule has 2 rings (SSSR count). The lowest BCUT2D eigenvalue weighted by Gasteiger charge is -2.13. The molecule has 0 radical (unpaired) electrons. The van der Waals surface area contributed by atoms with Crippen LogP contribution in [-0.2, 0) is 4.79 Å². The van der Waals surface area contributed by atoms with Crippen molar-refractivity contribution in [2.75, 3.05) is 39.8 Å². The summed E-state index contributed by atoms with van der Waals surface area (Å²) >= 11 is 0. The molecule has 2 aromatic rings. The number of anilines is 1. The van der Waals surface area contributed by atoms with Gasteiger partial charge in [-0.25, -0.2) is 5.43 Å². The Bertz CT molecular complexity index is 736. The van der Waals surface area contributed by atoms with Crippen molar-refractivity contribution < 1.29 is 19.0 Å². The third-order valence-corrected chi connectivity index (χ3v) is 3.54. The van der Waals surface area contributed by atoms with E-state index in [4.69, 9.17) is 14.2 Å². The summed E-state index contributed by atoms with van der Waals surface area (Å²) < 4.78 is 15.9. The van der Waals surface area contributed by atoms with Crippen LogP contribution in [0.25, 0.3) is 0 Å². The van der Waals surface area contributed by atoms with Gasteiger partial charge in [-0.15, -0.1) is 0 Å². The van der Waals surface area contributed by atoms with Crippen molar-refractivity contribution in [1.29, 1.82) is 0 Å². The molecule has 0 heterocycles. The van der Waals surface area contributed by atoms with Crippen molar-refractivity contribution in [1.82, 2.24) is 5.43 Å². The molecular weight excluding hydrogens is 334 g/mol. The molecule has 1 amide bonds. The van der Waals surface area contributed by atoms with Crippen LogP contribution in [0, 0.1) is 0 Å². The third kappa shape index (κ3) is 5.14. The number of nitrogens with zero attached hydrogens (tertiary/aromatic N) is 2. The summed E-state index contributed by atoms with van der Waals surface area (Å²) in [6, 6.07) is 13.0. The van der Waals surface area contributed by atoms with E-state index >= 15 is 0 Å². The summed E-state index contributed by atoms with van der Waals surface area (Å²) in [5.74, 6) is 0.957. The molecule has 0 fully saturated rings. The maximum atomic E-state index is 11.9. The molecule has 0 aromatic heterocycles. The van der Waals surface area contributed by atoms with E-state index in [0.29, 0.717) is 17.2 Å². The summed E-state index contributed by atoms with van der Waals surface area (Å²) in [5.41, 5.74) is 4.39. The minimum atomic E-state index is -0.390. The molecule has 0 saturated carbocycles. The molecule has 7 heteroatoms. The number of methoxy groups -OCH3 is 2. The number of hydrogen-bond donors (Lipinski definition) is 1. The molecule has 0 unspecified atom stereocenters. The van der Waals surface area contributed by atoms with Crippen molar-refractivity contribution >= 4 is 17.8 Å². The van der Waals surface area contributed by atoms with Crippen LogP contribution in [-0.4, -0.2) is 47.0 Å². The first-order chi connectivity index (χ1) is 12.5. The zero-order chi connectivity index (χ0) is 18.9. The molecule has 0 aliphatic rings. The van der Waals surface area contributed by atoms with Crippen LogP contribution in [0.4, 0.5) is 5.69 Å². The van der Waals surface area contributed by atoms with Crippen LogP contribution in [0.2, 0.25) is 0 Å². The Kier molecular flexibility index (Phi) is 6.84. The van der Waals surface area contributed by atoms with Gasteiger partial charge in [0.1, 0.15) is 0 Å². The third-order valence-electron chi connectivity index (χ3n) is 3.54. The van der Waals surface area contributed by atoms with Crippen LogP contribution in [0.15, 0.2) is 47.6 Å². The van der Waals surface area contributed by atoms with E-state index in [0.717, 1.165) is 11.3 Å². The fourth-order valence-electron chi connectivity index (χ4n) is 2.17. The summed E-state index contributed by atoms with van der Waals surface area (Å²) in [6.45, 7) is -0.215. The van der Waals surface area contributed by atoms with Gasteiger partial charge >= 0.3 is 0 Å². The number of benzene rings is 2. The first kappa shape index (κ1) is 19.1. The predicted octanol–water partition coefficient (Wildman–Crippen LogP) is 2.30. The fraction of sp³-hybridized carbons (Fsp3) is 0.263. The van der Waals surface area contributed by atoms with Crippen LogP contribution < -0.4 is 24.5 Å².